The van der Waals surface area contributed by atoms with Gasteiger partial charge in [0.25, 0.3) is 5.89 Å². The summed E-state index contributed by atoms with van der Waals surface area (Å²) in [5.74, 6) is 1.77. The highest BCUT2D eigenvalue weighted by molar-refractivity contribution is 9.10. The lowest BCUT2D eigenvalue weighted by Crippen LogP contribution is -2.00. The minimum atomic E-state index is 0.231. The Hall–Kier alpha value is -2.21. The lowest BCUT2D eigenvalue weighted by atomic mass is 10.1. The molecule has 118 valence electrons. The maximum atomic E-state index is 5.86. The van der Waals surface area contributed by atoms with E-state index in [2.05, 4.69) is 38.0 Å². The molecule has 0 bridgehead atoms. The quantitative estimate of drug-likeness (QED) is 0.678. The van der Waals surface area contributed by atoms with Crippen LogP contribution < -0.4 is 4.74 Å². The standard InChI is InChI=1S/C17H16BrN3O2/c1-10-7-14(11(2)12(3)16(10)18)22-9-15-20-17(21-23-15)13-5-4-6-19-8-13/h4-8H,9H2,1-3H3. The second-order valence-electron chi connectivity index (χ2n) is 5.30. The fourth-order valence-electron chi connectivity index (χ4n) is 2.23. The third kappa shape index (κ3) is 3.27. The van der Waals surface area contributed by atoms with Crippen LogP contribution in [0, 0.1) is 20.8 Å². The van der Waals surface area contributed by atoms with Gasteiger partial charge in [-0.15, -0.1) is 0 Å². The van der Waals surface area contributed by atoms with Gasteiger partial charge in [0, 0.05) is 22.4 Å². The van der Waals surface area contributed by atoms with Crippen LogP contribution in [0.15, 0.2) is 39.6 Å². The van der Waals surface area contributed by atoms with E-state index >= 15 is 0 Å². The molecular formula is C17H16BrN3O2. The maximum Gasteiger partial charge on any atom is 0.264 e. The average Bonchev–Trinajstić information content (AvgIpc) is 3.05. The van der Waals surface area contributed by atoms with Gasteiger partial charge in [0.2, 0.25) is 5.82 Å². The van der Waals surface area contributed by atoms with Crippen molar-refractivity contribution in [2.24, 2.45) is 0 Å². The third-order valence-electron chi connectivity index (χ3n) is 3.69. The fourth-order valence-corrected chi connectivity index (χ4v) is 2.64. The van der Waals surface area contributed by atoms with Crippen LogP contribution in [-0.2, 0) is 6.61 Å². The van der Waals surface area contributed by atoms with Crippen LogP contribution >= 0.6 is 15.9 Å². The highest BCUT2D eigenvalue weighted by Gasteiger charge is 2.12. The van der Waals surface area contributed by atoms with Crippen molar-refractivity contribution in [3.05, 3.63) is 57.6 Å². The fraction of sp³-hybridized carbons (Fsp3) is 0.235. The first kappa shape index (κ1) is 15.7. The Kier molecular flexibility index (Phi) is 4.43. The summed E-state index contributed by atoms with van der Waals surface area (Å²) in [5.41, 5.74) is 4.20. The van der Waals surface area contributed by atoms with Crippen molar-refractivity contribution in [2.45, 2.75) is 27.4 Å². The van der Waals surface area contributed by atoms with Crippen molar-refractivity contribution < 1.29 is 9.26 Å². The zero-order valence-corrected chi connectivity index (χ0v) is 14.7. The first-order valence-electron chi connectivity index (χ1n) is 7.18. The molecule has 0 radical (unpaired) electrons. The van der Waals surface area contributed by atoms with Crippen LogP contribution in [0.2, 0.25) is 0 Å². The molecule has 0 saturated carbocycles. The minimum Gasteiger partial charge on any atom is -0.483 e. The van der Waals surface area contributed by atoms with E-state index < -0.39 is 0 Å². The van der Waals surface area contributed by atoms with Crippen molar-refractivity contribution in [3.8, 4) is 17.1 Å². The summed E-state index contributed by atoms with van der Waals surface area (Å²) in [7, 11) is 0. The van der Waals surface area contributed by atoms with E-state index in [1.165, 1.54) is 5.56 Å². The topological polar surface area (TPSA) is 61.0 Å². The largest absolute Gasteiger partial charge is 0.483 e. The maximum absolute atomic E-state index is 5.86. The zero-order chi connectivity index (χ0) is 16.4. The molecule has 0 spiro atoms. The van der Waals surface area contributed by atoms with Crippen LogP contribution in [0.25, 0.3) is 11.4 Å². The Bertz CT molecular complexity index is 831. The molecule has 3 rings (SSSR count). The predicted octanol–water partition coefficient (Wildman–Crippen LogP) is 4.40. The van der Waals surface area contributed by atoms with E-state index in [4.69, 9.17) is 9.26 Å². The van der Waals surface area contributed by atoms with Crippen LogP contribution in [0.5, 0.6) is 5.75 Å². The molecule has 2 aromatic heterocycles. The Morgan fingerprint density at radius 2 is 2.04 bits per heavy atom. The SMILES string of the molecule is Cc1cc(OCc2nc(-c3cccnc3)no2)c(C)c(C)c1Br. The zero-order valence-electron chi connectivity index (χ0n) is 13.1. The van der Waals surface area contributed by atoms with E-state index in [0.717, 1.165) is 26.9 Å². The first-order valence-corrected chi connectivity index (χ1v) is 7.97. The molecule has 6 heteroatoms. The van der Waals surface area contributed by atoms with E-state index in [1.54, 1.807) is 12.4 Å². The van der Waals surface area contributed by atoms with Gasteiger partial charge < -0.3 is 9.26 Å². The summed E-state index contributed by atoms with van der Waals surface area (Å²) in [5, 5.41) is 3.96. The van der Waals surface area contributed by atoms with Gasteiger partial charge in [-0.25, -0.2) is 0 Å². The number of rotatable bonds is 4. The normalized spacial score (nSPS) is 10.8. The molecule has 0 aliphatic rings. The average molecular weight is 374 g/mol. The van der Waals surface area contributed by atoms with Gasteiger partial charge in [0.15, 0.2) is 6.61 Å². The molecule has 5 nitrogen and oxygen atoms in total. The molecular weight excluding hydrogens is 358 g/mol. The molecule has 23 heavy (non-hydrogen) atoms. The van der Waals surface area contributed by atoms with Crippen molar-refractivity contribution in [1.82, 2.24) is 15.1 Å². The van der Waals surface area contributed by atoms with Crippen LogP contribution in [-0.4, -0.2) is 15.1 Å². The molecule has 3 aromatic rings. The lowest BCUT2D eigenvalue weighted by molar-refractivity contribution is 0.241. The number of hydrogen-bond acceptors (Lipinski definition) is 5. The van der Waals surface area contributed by atoms with Crippen molar-refractivity contribution in [1.29, 1.82) is 0 Å². The van der Waals surface area contributed by atoms with Gasteiger partial charge in [-0.05, 0) is 55.7 Å². The molecule has 0 N–H and O–H groups in total. The number of benzene rings is 1. The summed E-state index contributed by atoms with van der Waals surface area (Å²) in [4.78, 5) is 8.38. The summed E-state index contributed by atoms with van der Waals surface area (Å²) in [6, 6.07) is 5.72. The minimum absolute atomic E-state index is 0.231. The van der Waals surface area contributed by atoms with Crippen molar-refractivity contribution >= 4 is 15.9 Å². The number of pyridine rings is 1. The van der Waals surface area contributed by atoms with Gasteiger partial charge in [0.1, 0.15) is 5.75 Å². The number of halogens is 1. The second kappa shape index (κ2) is 6.50. The molecule has 0 fully saturated rings. The smallest absolute Gasteiger partial charge is 0.264 e. The van der Waals surface area contributed by atoms with Crippen molar-refractivity contribution in [3.63, 3.8) is 0 Å². The lowest BCUT2D eigenvalue weighted by Gasteiger charge is -2.13. The molecule has 0 amide bonds. The summed E-state index contributed by atoms with van der Waals surface area (Å²) in [6.07, 6.45) is 3.40. The molecule has 0 unspecified atom stereocenters. The molecule has 0 saturated heterocycles. The van der Waals surface area contributed by atoms with Gasteiger partial charge in [-0.3, -0.25) is 4.98 Å². The van der Waals surface area contributed by atoms with Crippen molar-refractivity contribution in [2.75, 3.05) is 0 Å². The Morgan fingerprint density at radius 3 is 2.78 bits per heavy atom. The van der Waals surface area contributed by atoms with Crippen LogP contribution in [0.1, 0.15) is 22.6 Å². The van der Waals surface area contributed by atoms with Gasteiger partial charge in [-0.1, -0.05) is 21.1 Å². The summed E-state index contributed by atoms with van der Waals surface area (Å²) in [6.45, 7) is 6.36. The highest BCUT2D eigenvalue weighted by atomic mass is 79.9. The van der Waals surface area contributed by atoms with E-state index in [0.29, 0.717) is 11.7 Å². The van der Waals surface area contributed by atoms with Crippen LogP contribution in [0.3, 0.4) is 0 Å². The van der Waals surface area contributed by atoms with E-state index in [-0.39, 0.29) is 6.61 Å². The van der Waals surface area contributed by atoms with Gasteiger partial charge in [0.05, 0.1) is 0 Å². The molecule has 1 aromatic carbocycles. The Morgan fingerprint density at radius 1 is 1.22 bits per heavy atom. The van der Waals surface area contributed by atoms with Gasteiger partial charge in [-0.2, -0.15) is 4.98 Å². The number of ether oxygens (including phenoxy) is 1. The molecule has 2 heterocycles. The molecule has 0 aliphatic heterocycles. The van der Waals surface area contributed by atoms with Crippen LogP contribution in [0.4, 0.5) is 0 Å². The van der Waals surface area contributed by atoms with Gasteiger partial charge >= 0.3 is 0 Å². The number of aromatic nitrogens is 3. The van der Waals surface area contributed by atoms with E-state index in [1.807, 2.05) is 32.0 Å². The molecule has 0 atom stereocenters. The van der Waals surface area contributed by atoms with E-state index in [9.17, 15) is 0 Å². The summed E-state index contributed by atoms with van der Waals surface area (Å²) >= 11 is 3.59. The second-order valence-corrected chi connectivity index (χ2v) is 6.09. The monoisotopic (exact) mass is 373 g/mol. The predicted molar refractivity (Wildman–Crippen MR) is 90.2 cm³/mol. The summed E-state index contributed by atoms with van der Waals surface area (Å²) < 4.78 is 12.2. The number of nitrogens with zero attached hydrogens (tertiary/aromatic N) is 3. The Balaban J connectivity index is 1.76. The molecule has 0 aliphatic carbocycles. The number of hydrogen-bond donors (Lipinski definition) is 0. The number of aryl methyl sites for hydroxylation is 1. The Labute approximate surface area is 142 Å². The highest BCUT2D eigenvalue weighted by Crippen LogP contribution is 2.31. The third-order valence-corrected chi connectivity index (χ3v) is 4.91. The first-order chi connectivity index (χ1) is 11.1.